The van der Waals surface area contributed by atoms with Gasteiger partial charge in [-0.25, -0.2) is 0 Å². The molecule has 2 aromatic heterocycles. The highest BCUT2D eigenvalue weighted by molar-refractivity contribution is 6.02. The molecule has 0 bridgehead atoms. The Labute approximate surface area is 151 Å². The maximum atomic E-state index is 12.5. The molecule has 0 radical (unpaired) electrons. The molecule has 134 valence electrons. The summed E-state index contributed by atoms with van der Waals surface area (Å²) in [6.45, 7) is 3.75. The van der Waals surface area contributed by atoms with Crippen LogP contribution in [0.3, 0.4) is 0 Å². The zero-order valence-electron chi connectivity index (χ0n) is 14.7. The minimum absolute atomic E-state index is 0.0773. The Morgan fingerprint density at radius 2 is 1.62 bits per heavy atom. The number of carbonyl (C=O) groups excluding carboxylic acids is 2. The molecule has 0 aliphatic heterocycles. The predicted molar refractivity (Wildman–Crippen MR) is 100 cm³/mol. The van der Waals surface area contributed by atoms with Gasteiger partial charge in [-0.3, -0.25) is 9.59 Å². The van der Waals surface area contributed by atoms with E-state index in [9.17, 15) is 9.59 Å². The van der Waals surface area contributed by atoms with Crippen molar-refractivity contribution in [1.82, 2.24) is 4.57 Å². The lowest BCUT2D eigenvalue weighted by molar-refractivity contribution is -0.119. The van der Waals surface area contributed by atoms with Gasteiger partial charge in [-0.1, -0.05) is 6.92 Å². The second kappa shape index (κ2) is 7.74. The molecule has 0 saturated heterocycles. The Balaban J connectivity index is 1.62. The van der Waals surface area contributed by atoms with E-state index < -0.39 is 0 Å². The van der Waals surface area contributed by atoms with Gasteiger partial charge in [0.15, 0.2) is 5.76 Å². The van der Waals surface area contributed by atoms with Crippen LogP contribution in [0.25, 0.3) is 0 Å². The third-order valence-corrected chi connectivity index (χ3v) is 4.05. The van der Waals surface area contributed by atoms with Crippen LogP contribution in [0.15, 0.2) is 65.3 Å². The molecular weight excluding hydrogens is 330 g/mol. The number of amides is 2. The number of aromatic nitrogens is 1. The Bertz CT molecular complexity index is 879. The van der Waals surface area contributed by atoms with Gasteiger partial charge in [0.1, 0.15) is 11.8 Å². The van der Waals surface area contributed by atoms with Gasteiger partial charge in [-0.05, 0) is 61.9 Å². The normalized spacial score (nSPS) is 11.8. The molecule has 0 fully saturated rings. The fourth-order valence-electron chi connectivity index (χ4n) is 2.70. The number of benzene rings is 1. The summed E-state index contributed by atoms with van der Waals surface area (Å²) in [6.07, 6.45) is 4.45. The van der Waals surface area contributed by atoms with Gasteiger partial charge in [-0.2, -0.15) is 0 Å². The standard InChI is InChI=1S/C20H21N3O3/c1-3-17(23-12-4-5-13-23)19(24)21-15-7-9-16(10-8-15)22-20(25)18-11-6-14(2)26-18/h4-13,17H,3H2,1-2H3,(H,21,24)(H,22,25). The van der Waals surface area contributed by atoms with E-state index in [2.05, 4.69) is 10.6 Å². The van der Waals surface area contributed by atoms with Crippen molar-refractivity contribution in [1.29, 1.82) is 0 Å². The van der Waals surface area contributed by atoms with E-state index in [-0.39, 0.29) is 23.6 Å². The van der Waals surface area contributed by atoms with Crippen molar-refractivity contribution >= 4 is 23.2 Å². The summed E-state index contributed by atoms with van der Waals surface area (Å²) >= 11 is 0. The SMILES string of the molecule is CCC(C(=O)Nc1ccc(NC(=O)c2ccc(C)o2)cc1)n1cccc1. The predicted octanol–water partition coefficient (Wildman–Crippen LogP) is 4.23. The van der Waals surface area contributed by atoms with Crippen molar-refractivity contribution < 1.29 is 14.0 Å². The molecule has 0 spiro atoms. The Morgan fingerprint density at radius 1 is 1.00 bits per heavy atom. The Hall–Kier alpha value is -3.28. The van der Waals surface area contributed by atoms with Crippen LogP contribution in [-0.2, 0) is 4.79 Å². The van der Waals surface area contributed by atoms with Gasteiger partial charge in [0.2, 0.25) is 5.91 Å². The number of aryl methyl sites for hydroxylation is 1. The minimum Gasteiger partial charge on any atom is -0.456 e. The zero-order valence-corrected chi connectivity index (χ0v) is 14.7. The number of furan rings is 1. The Morgan fingerprint density at radius 3 is 2.15 bits per heavy atom. The summed E-state index contributed by atoms with van der Waals surface area (Å²) in [7, 11) is 0. The lowest BCUT2D eigenvalue weighted by Gasteiger charge is -2.17. The fraction of sp³-hybridized carbons (Fsp3) is 0.200. The van der Waals surface area contributed by atoms with E-state index in [1.54, 1.807) is 43.3 Å². The molecule has 26 heavy (non-hydrogen) atoms. The molecule has 0 aliphatic rings. The maximum Gasteiger partial charge on any atom is 0.291 e. The highest BCUT2D eigenvalue weighted by Crippen LogP contribution is 2.18. The van der Waals surface area contributed by atoms with Gasteiger partial charge >= 0.3 is 0 Å². The van der Waals surface area contributed by atoms with E-state index >= 15 is 0 Å². The number of rotatable bonds is 6. The van der Waals surface area contributed by atoms with Gasteiger partial charge in [0, 0.05) is 23.8 Å². The molecule has 1 atom stereocenters. The van der Waals surface area contributed by atoms with Crippen molar-refractivity contribution in [2.45, 2.75) is 26.3 Å². The first-order chi connectivity index (χ1) is 12.6. The van der Waals surface area contributed by atoms with Crippen LogP contribution in [0.4, 0.5) is 11.4 Å². The lowest BCUT2D eigenvalue weighted by Crippen LogP contribution is -2.24. The van der Waals surface area contributed by atoms with Crippen LogP contribution in [0.1, 0.15) is 35.7 Å². The number of nitrogens with zero attached hydrogens (tertiary/aromatic N) is 1. The second-order valence-corrected chi connectivity index (χ2v) is 5.99. The fourth-order valence-corrected chi connectivity index (χ4v) is 2.70. The summed E-state index contributed by atoms with van der Waals surface area (Å²) in [4.78, 5) is 24.6. The first-order valence-electron chi connectivity index (χ1n) is 8.48. The molecule has 2 N–H and O–H groups in total. The average Bonchev–Trinajstić information content (AvgIpc) is 3.29. The number of carbonyl (C=O) groups is 2. The highest BCUT2D eigenvalue weighted by atomic mass is 16.3. The van der Waals surface area contributed by atoms with Crippen molar-refractivity contribution in [2.24, 2.45) is 0 Å². The van der Waals surface area contributed by atoms with Crippen LogP contribution in [-0.4, -0.2) is 16.4 Å². The first kappa shape index (κ1) is 17.5. The van der Waals surface area contributed by atoms with E-state index in [4.69, 9.17) is 4.42 Å². The quantitative estimate of drug-likeness (QED) is 0.698. The molecule has 0 aliphatic carbocycles. The van der Waals surface area contributed by atoms with Gasteiger partial charge in [0.05, 0.1) is 0 Å². The molecule has 0 saturated carbocycles. The topological polar surface area (TPSA) is 76.3 Å². The van der Waals surface area contributed by atoms with Crippen molar-refractivity contribution in [2.75, 3.05) is 10.6 Å². The zero-order chi connectivity index (χ0) is 18.5. The van der Waals surface area contributed by atoms with Crippen LogP contribution >= 0.6 is 0 Å². The maximum absolute atomic E-state index is 12.5. The highest BCUT2D eigenvalue weighted by Gasteiger charge is 2.17. The molecule has 1 unspecified atom stereocenters. The molecule has 2 amide bonds. The third kappa shape index (κ3) is 4.03. The summed E-state index contributed by atoms with van der Waals surface area (Å²) in [5.41, 5.74) is 1.30. The Kier molecular flexibility index (Phi) is 5.22. The molecular formula is C20H21N3O3. The van der Waals surface area contributed by atoms with Crippen LogP contribution < -0.4 is 10.6 Å². The monoisotopic (exact) mass is 351 g/mol. The molecule has 3 aromatic rings. The smallest absolute Gasteiger partial charge is 0.291 e. The number of nitrogens with one attached hydrogen (secondary N) is 2. The van der Waals surface area contributed by atoms with Gasteiger partial charge in [-0.15, -0.1) is 0 Å². The summed E-state index contributed by atoms with van der Waals surface area (Å²) in [6, 6.07) is 13.9. The van der Waals surface area contributed by atoms with Crippen molar-refractivity contribution in [3.05, 3.63) is 72.4 Å². The average molecular weight is 351 g/mol. The van der Waals surface area contributed by atoms with E-state index in [1.807, 2.05) is 36.0 Å². The molecule has 6 heteroatoms. The van der Waals surface area contributed by atoms with Crippen LogP contribution in [0, 0.1) is 6.92 Å². The molecule has 6 nitrogen and oxygen atoms in total. The molecule has 3 rings (SSSR count). The first-order valence-corrected chi connectivity index (χ1v) is 8.48. The van der Waals surface area contributed by atoms with Gasteiger partial charge < -0.3 is 19.6 Å². The van der Waals surface area contributed by atoms with Crippen LogP contribution in [0.5, 0.6) is 0 Å². The number of hydrogen-bond donors (Lipinski definition) is 2. The summed E-state index contributed by atoms with van der Waals surface area (Å²) in [5, 5.41) is 5.66. The van der Waals surface area contributed by atoms with Crippen molar-refractivity contribution in [3.8, 4) is 0 Å². The number of anilines is 2. The molecule has 1 aromatic carbocycles. The molecule has 2 heterocycles. The van der Waals surface area contributed by atoms with Crippen molar-refractivity contribution in [3.63, 3.8) is 0 Å². The van der Waals surface area contributed by atoms with Crippen LogP contribution in [0.2, 0.25) is 0 Å². The third-order valence-electron chi connectivity index (χ3n) is 4.05. The summed E-state index contributed by atoms with van der Waals surface area (Å²) in [5.74, 6) is 0.554. The van der Waals surface area contributed by atoms with E-state index in [0.29, 0.717) is 23.6 Å². The van der Waals surface area contributed by atoms with E-state index in [0.717, 1.165) is 0 Å². The largest absolute Gasteiger partial charge is 0.456 e. The lowest BCUT2D eigenvalue weighted by atomic mass is 10.2. The number of hydrogen-bond acceptors (Lipinski definition) is 3. The second-order valence-electron chi connectivity index (χ2n) is 5.99. The van der Waals surface area contributed by atoms with E-state index in [1.165, 1.54) is 0 Å². The van der Waals surface area contributed by atoms with Gasteiger partial charge in [0.25, 0.3) is 5.91 Å². The summed E-state index contributed by atoms with van der Waals surface area (Å²) < 4.78 is 7.18. The minimum atomic E-state index is -0.312.